The molecule has 0 unspecified atom stereocenters. The molecule has 0 aliphatic heterocycles. The molecular weight excluding hydrogens is 484 g/mol. The van der Waals surface area contributed by atoms with Gasteiger partial charge < -0.3 is 29.4 Å². The van der Waals surface area contributed by atoms with E-state index in [9.17, 15) is 13.6 Å². The molecule has 0 saturated heterocycles. The number of amides is 1. The number of para-hydroxylation sites is 1. The van der Waals surface area contributed by atoms with Gasteiger partial charge in [-0.2, -0.15) is 8.78 Å². The largest absolute Gasteiger partial charge is 0.489 e. The number of ether oxygens (including phenoxy) is 2. The van der Waals surface area contributed by atoms with Crippen LogP contribution in [0.1, 0.15) is 48.5 Å². The summed E-state index contributed by atoms with van der Waals surface area (Å²) in [6.45, 7) is 1.58. The minimum absolute atomic E-state index is 0.0451. The van der Waals surface area contributed by atoms with Gasteiger partial charge in [-0.15, -0.1) is 0 Å². The molecule has 1 saturated carbocycles. The molecule has 3 N–H and O–H groups in total. The van der Waals surface area contributed by atoms with Crippen LogP contribution in [0.15, 0.2) is 57.6 Å². The fourth-order valence-corrected chi connectivity index (χ4v) is 3.66. The third kappa shape index (κ3) is 6.26. The quantitative estimate of drug-likeness (QED) is 0.272. The first-order valence-corrected chi connectivity index (χ1v) is 12.2. The number of nitrogens with two attached hydrogens (primary N) is 1. The molecule has 196 valence electrons. The van der Waals surface area contributed by atoms with E-state index in [1.807, 2.05) is 38.1 Å². The van der Waals surface area contributed by atoms with Gasteiger partial charge in [0, 0.05) is 23.1 Å². The van der Waals surface area contributed by atoms with Crippen LogP contribution in [0.5, 0.6) is 11.5 Å². The van der Waals surface area contributed by atoms with E-state index in [4.69, 9.17) is 19.3 Å². The molecule has 2 aromatic carbocycles. The van der Waals surface area contributed by atoms with Gasteiger partial charge in [-0.05, 0) is 43.0 Å². The SMILES string of the molecule is CC.NCc1oc(-c2ccc(OC(F)F)c(OCC3CC3)c2)nc1C(=O)NCc1coc2ccccc12. The molecule has 1 amide bonds. The van der Waals surface area contributed by atoms with Crippen LogP contribution < -0.4 is 20.5 Å². The first kappa shape index (κ1) is 26.2. The van der Waals surface area contributed by atoms with Crippen LogP contribution in [0.2, 0.25) is 0 Å². The number of carbonyl (C=O) groups excluding carboxylic acids is 1. The van der Waals surface area contributed by atoms with Crippen LogP contribution in [0.25, 0.3) is 22.4 Å². The van der Waals surface area contributed by atoms with Gasteiger partial charge >= 0.3 is 6.61 Å². The van der Waals surface area contributed by atoms with E-state index in [2.05, 4.69) is 15.0 Å². The second kappa shape index (κ2) is 11.9. The maximum Gasteiger partial charge on any atom is 0.387 e. The van der Waals surface area contributed by atoms with Crippen LogP contribution in [-0.4, -0.2) is 24.1 Å². The molecule has 10 heteroatoms. The lowest BCUT2D eigenvalue weighted by molar-refractivity contribution is -0.0515. The Morgan fingerprint density at radius 3 is 2.70 bits per heavy atom. The third-order valence-corrected chi connectivity index (χ3v) is 5.68. The fraction of sp³-hybridized carbons (Fsp3) is 0.333. The summed E-state index contributed by atoms with van der Waals surface area (Å²) in [5.41, 5.74) is 7.81. The number of carbonyl (C=O) groups is 1. The summed E-state index contributed by atoms with van der Waals surface area (Å²) in [7, 11) is 0. The number of aromatic nitrogens is 1. The van der Waals surface area contributed by atoms with Crippen LogP contribution in [0, 0.1) is 5.92 Å². The van der Waals surface area contributed by atoms with Crippen molar-refractivity contribution in [1.29, 1.82) is 0 Å². The van der Waals surface area contributed by atoms with Gasteiger partial charge in [0.25, 0.3) is 5.91 Å². The Labute approximate surface area is 212 Å². The normalized spacial score (nSPS) is 12.8. The molecule has 4 aromatic rings. The monoisotopic (exact) mass is 513 g/mol. The Kier molecular flexibility index (Phi) is 8.39. The zero-order valence-corrected chi connectivity index (χ0v) is 20.6. The van der Waals surface area contributed by atoms with Crippen molar-refractivity contribution < 1.29 is 31.9 Å². The number of alkyl halides is 2. The second-order valence-electron chi connectivity index (χ2n) is 8.23. The highest BCUT2D eigenvalue weighted by molar-refractivity contribution is 5.94. The molecule has 1 aliphatic carbocycles. The summed E-state index contributed by atoms with van der Waals surface area (Å²) in [6, 6.07) is 11.9. The third-order valence-electron chi connectivity index (χ3n) is 5.68. The Bertz CT molecular complexity index is 1350. The van der Waals surface area contributed by atoms with Crippen molar-refractivity contribution in [3.63, 3.8) is 0 Å². The van der Waals surface area contributed by atoms with Crippen molar-refractivity contribution in [1.82, 2.24) is 10.3 Å². The van der Waals surface area contributed by atoms with E-state index < -0.39 is 12.5 Å². The van der Waals surface area contributed by atoms with Crippen molar-refractivity contribution in [2.75, 3.05) is 6.61 Å². The molecule has 1 fully saturated rings. The molecule has 0 spiro atoms. The average molecular weight is 514 g/mol. The summed E-state index contributed by atoms with van der Waals surface area (Å²) in [6.07, 6.45) is 3.67. The van der Waals surface area contributed by atoms with Gasteiger partial charge in [-0.3, -0.25) is 4.79 Å². The lowest BCUT2D eigenvalue weighted by Crippen LogP contribution is -2.24. The molecule has 0 atom stereocenters. The van der Waals surface area contributed by atoms with Crippen LogP contribution in [0.3, 0.4) is 0 Å². The number of rotatable bonds is 10. The molecule has 8 nitrogen and oxygen atoms in total. The van der Waals surface area contributed by atoms with E-state index in [1.165, 1.54) is 18.2 Å². The number of nitrogens with zero attached hydrogens (tertiary/aromatic N) is 1. The highest BCUT2D eigenvalue weighted by Crippen LogP contribution is 2.36. The minimum Gasteiger partial charge on any atom is -0.489 e. The zero-order chi connectivity index (χ0) is 26.4. The van der Waals surface area contributed by atoms with E-state index in [-0.39, 0.29) is 41.9 Å². The number of hydrogen-bond donors (Lipinski definition) is 2. The first-order chi connectivity index (χ1) is 18.0. The number of benzene rings is 2. The first-order valence-electron chi connectivity index (χ1n) is 12.2. The van der Waals surface area contributed by atoms with Gasteiger partial charge in [0.2, 0.25) is 5.89 Å². The molecule has 1 aliphatic rings. The summed E-state index contributed by atoms with van der Waals surface area (Å²) in [4.78, 5) is 17.2. The Hall–Kier alpha value is -3.92. The fourth-order valence-electron chi connectivity index (χ4n) is 3.66. The number of nitrogens with one attached hydrogen (secondary N) is 1. The molecular formula is C27H29F2N3O5. The van der Waals surface area contributed by atoms with Crippen molar-refractivity contribution >= 4 is 16.9 Å². The summed E-state index contributed by atoms with van der Waals surface area (Å²) >= 11 is 0. The Morgan fingerprint density at radius 1 is 1.19 bits per heavy atom. The van der Waals surface area contributed by atoms with E-state index in [0.29, 0.717) is 18.1 Å². The number of oxazole rings is 1. The maximum atomic E-state index is 12.9. The summed E-state index contributed by atoms with van der Waals surface area (Å²) in [5, 5.41) is 3.71. The van der Waals surface area contributed by atoms with Gasteiger partial charge in [0.05, 0.1) is 19.4 Å². The highest BCUT2D eigenvalue weighted by atomic mass is 19.3. The van der Waals surface area contributed by atoms with Gasteiger partial charge in [0.15, 0.2) is 23.0 Å². The number of furan rings is 1. The topological polar surface area (TPSA) is 113 Å². The van der Waals surface area contributed by atoms with Crippen molar-refractivity contribution in [2.24, 2.45) is 11.7 Å². The summed E-state index contributed by atoms with van der Waals surface area (Å²) in [5.74, 6) is 0.326. The van der Waals surface area contributed by atoms with E-state index in [0.717, 1.165) is 29.4 Å². The van der Waals surface area contributed by atoms with Gasteiger partial charge in [0.1, 0.15) is 5.58 Å². The van der Waals surface area contributed by atoms with Gasteiger partial charge in [-0.25, -0.2) is 4.98 Å². The van der Waals surface area contributed by atoms with Crippen LogP contribution in [0.4, 0.5) is 8.78 Å². The predicted molar refractivity (Wildman–Crippen MR) is 133 cm³/mol. The van der Waals surface area contributed by atoms with Crippen molar-refractivity contribution in [2.45, 2.75) is 46.4 Å². The maximum absolute atomic E-state index is 12.9. The molecule has 2 aromatic heterocycles. The molecule has 0 bridgehead atoms. The predicted octanol–water partition coefficient (Wildman–Crippen LogP) is 5.89. The number of fused-ring (bicyclic) bond motifs is 1. The molecule has 2 heterocycles. The van der Waals surface area contributed by atoms with E-state index in [1.54, 1.807) is 6.26 Å². The molecule has 0 radical (unpaired) electrons. The standard InChI is InChI=1S/C25H23F2N3O5.C2H6/c26-25(27)35-19-8-7-15(9-20(19)32-12-14-5-6-14)24-30-22(21(10-28)34-24)23(31)29-11-16-13-33-18-4-2-1-3-17(16)18;1-2/h1-4,7-9,13-14,25H,5-6,10-12,28H2,(H,29,31);1-2H3. The zero-order valence-electron chi connectivity index (χ0n) is 20.6. The number of halogens is 2. The van der Waals surface area contributed by atoms with Gasteiger partial charge in [-0.1, -0.05) is 32.0 Å². The lowest BCUT2D eigenvalue weighted by Gasteiger charge is -2.12. The number of hydrogen-bond acceptors (Lipinski definition) is 7. The van der Waals surface area contributed by atoms with Crippen molar-refractivity contribution in [3.8, 4) is 23.0 Å². The summed E-state index contributed by atoms with van der Waals surface area (Å²) < 4.78 is 47.1. The van der Waals surface area contributed by atoms with E-state index >= 15 is 0 Å². The average Bonchev–Trinajstić information content (AvgIpc) is 3.49. The molecule has 37 heavy (non-hydrogen) atoms. The van der Waals surface area contributed by atoms with Crippen LogP contribution >= 0.6 is 0 Å². The minimum atomic E-state index is -2.99. The lowest BCUT2D eigenvalue weighted by atomic mass is 10.2. The van der Waals surface area contributed by atoms with Crippen LogP contribution in [-0.2, 0) is 13.1 Å². The van der Waals surface area contributed by atoms with Crippen molar-refractivity contribution in [3.05, 3.63) is 65.7 Å². The highest BCUT2D eigenvalue weighted by Gasteiger charge is 2.25. The Morgan fingerprint density at radius 2 is 1.97 bits per heavy atom. The Balaban J connectivity index is 0.00000156. The molecule has 5 rings (SSSR count). The second-order valence-corrected chi connectivity index (χ2v) is 8.23. The smallest absolute Gasteiger partial charge is 0.387 e.